The van der Waals surface area contributed by atoms with Crippen molar-refractivity contribution in [3.63, 3.8) is 0 Å². The lowest BCUT2D eigenvalue weighted by atomic mass is 9.80. The first-order valence-electron chi connectivity index (χ1n) is 5.46. The van der Waals surface area contributed by atoms with Gasteiger partial charge in [-0.3, -0.25) is 11.3 Å². The van der Waals surface area contributed by atoms with Crippen molar-refractivity contribution in [2.75, 3.05) is 0 Å². The largest absolute Gasteiger partial charge is 0.271 e. The lowest BCUT2D eigenvalue weighted by Gasteiger charge is -2.33. The molecule has 1 atom stereocenters. The van der Waals surface area contributed by atoms with Crippen LogP contribution in [0.5, 0.6) is 0 Å². The molecule has 2 aliphatic carbocycles. The molecule has 0 amide bonds. The Labute approximate surface area is 83.2 Å². The third-order valence-electron chi connectivity index (χ3n) is 3.59. The van der Waals surface area contributed by atoms with Crippen molar-refractivity contribution in [3.05, 3.63) is 0 Å². The molecule has 2 saturated carbocycles. The number of rotatable bonds is 3. The van der Waals surface area contributed by atoms with Crippen LogP contribution in [-0.2, 0) is 0 Å². The molecular formula is C10H18F2N2. The molecule has 2 aliphatic rings. The maximum absolute atomic E-state index is 12.9. The van der Waals surface area contributed by atoms with Gasteiger partial charge < -0.3 is 0 Å². The maximum Gasteiger partial charge on any atom is 0.248 e. The number of nitrogens with two attached hydrogens (primary N) is 1. The summed E-state index contributed by atoms with van der Waals surface area (Å²) in [6, 6.07) is 0.283. The van der Waals surface area contributed by atoms with Crippen LogP contribution in [0, 0.1) is 11.8 Å². The minimum absolute atomic E-state index is 0.0442. The zero-order valence-corrected chi connectivity index (χ0v) is 8.31. The highest BCUT2D eigenvalue weighted by Gasteiger charge is 2.41. The minimum Gasteiger partial charge on any atom is -0.271 e. The van der Waals surface area contributed by atoms with Crippen LogP contribution in [0.15, 0.2) is 0 Å². The van der Waals surface area contributed by atoms with Crippen LogP contribution in [0.4, 0.5) is 8.78 Å². The standard InChI is InChI=1S/C10H18F2N2/c11-10(12)5-3-8(4-6-10)9(14-13)7-1-2-7/h7-9,14H,1-6,13H2. The lowest BCUT2D eigenvalue weighted by molar-refractivity contribution is -0.0504. The molecule has 4 heteroatoms. The molecule has 1 unspecified atom stereocenters. The fourth-order valence-electron chi connectivity index (χ4n) is 2.53. The second-order valence-electron chi connectivity index (χ2n) is 4.72. The molecule has 3 N–H and O–H groups in total. The number of alkyl halides is 2. The molecule has 0 spiro atoms. The third-order valence-corrected chi connectivity index (χ3v) is 3.59. The fourth-order valence-corrected chi connectivity index (χ4v) is 2.53. The number of hydrogen-bond acceptors (Lipinski definition) is 2. The SMILES string of the molecule is NNC(C1CC1)C1CCC(F)(F)CC1. The Morgan fingerprint density at radius 3 is 2.00 bits per heavy atom. The molecule has 2 fully saturated rings. The average molecular weight is 204 g/mol. The van der Waals surface area contributed by atoms with Crippen molar-refractivity contribution < 1.29 is 8.78 Å². The van der Waals surface area contributed by atoms with E-state index in [1.54, 1.807) is 0 Å². The highest BCUT2D eigenvalue weighted by molar-refractivity contribution is 4.92. The summed E-state index contributed by atoms with van der Waals surface area (Å²) in [5.41, 5.74) is 2.82. The normalized spacial score (nSPS) is 30.2. The van der Waals surface area contributed by atoms with E-state index in [0.717, 1.165) is 0 Å². The summed E-state index contributed by atoms with van der Waals surface area (Å²) in [4.78, 5) is 0. The molecule has 14 heavy (non-hydrogen) atoms. The fraction of sp³-hybridized carbons (Fsp3) is 1.00. The van der Waals surface area contributed by atoms with E-state index in [-0.39, 0.29) is 18.9 Å². The second-order valence-corrected chi connectivity index (χ2v) is 4.72. The minimum atomic E-state index is -2.42. The Morgan fingerprint density at radius 2 is 1.57 bits per heavy atom. The predicted octanol–water partition coefficient (Wildman–Crippen LogP) is 2.05. The van der Waals surface area contributed by atoms with Gasteiger partial charge >= 0.3 is 0 Å². The summed E-state index contributed by atoms with van der Waals surface area (Å²) in [7, 11) is 0. The van der Waals surface area contributed by atoms with Crippen molar-refractivity contribution >= 4 is 0 Å². The van der Waals surface area contributed by atoms with Crippen molar-refractivity contribution in [1.29, 1.82) is 0 Å². The van der Waals surface area contributed by atoms with Gasteiger partial charge in [0.2, 0.25) is 5.92 Å². The van der Waals surface area contributed by atoms with Gasteiger partial charge in [0.05, 0.1) is 0 Å². The molecule has 0 aromatic heterocycles. The van der Waals surface area contributed by atoms with Gasteiger partial charge in [-0.25, -0.2) is 8.78 Å². The third kappa shape index (κ3) is 2.23. The molecule has 0 saturated heterocycles. The van der Waals surface area contributed by atoms with Crippen molar-refractivity contribution in [3.8, 4) is 0 Å². The van der Waals surface area contributed by atoms with E-state index in [4.69, 9.17) is 5.84 Å². The molecule has 0 heterocycles. The van der Waals surface area contributed by atoms with Crippen molar-refractivity contribution in [1.82, 2.24) is 5.43 Å². The van der Waals surface area contributed by atoms with E-state index in [2.05, 4.69) is 5.43 Å². The van der Waals surface area contributed by atoms with Crippen LogP contribution in [0.3, 0.4) is 0 Å². The van der Waals surface area contributed by atoms with Gasteiger partial charge in [0.1, 0.15) is 0 Å². The molecule has 0 aliphatic heterocycles. The van der Waals surface area contributed by atoms with Gasteiger partial charge in [0, 0.05) is 18.9 Å². The Balaban J connectivity index is 1.86. The summed E-state index contributed by atoms with van der Waals surface area (Å²) in [5, 5.41) is 0. The monoisotopic (exact) mass is 204 g/mol. The highest BCUT2D eigenvalue weighted by Crippen LogP contribution is 2.43. The summed E-state index contributed by atoms with van der Waals surface area (Å²) < 4.78 is 25.8. The average Bonchev–Trinajstić information content (AvgIpc) is 2.93. The summed E-state index contributed by atoms with van der Waals surface area (Å²) in [6.07, 6.45) is 3.76. The van der Waals surface area contributed by atoms with Gasteiger partial charge in [-0.05, 0) is 37.5 Å². The van der Waals surface area contributed by atoms with Crippen LogP contribution < -0.4 is 11.3 Å². The highest BCUT2D eigenvalue weighted by atomic mass is 19.3. The van der Waals surface area contributed by atoms with E-state index < -0.39 is 5.92 Å². The molecule has 0 aromatic rings. The zero-order chi connectivity index (χ0) is 10.2. The summed E-state index contributed by atoms with van der Waals surface area (Å²) >= 11 is 0. The Bertz CT molecular complexity index is 194. The summed E-state index contributed by atoms with van der Waals surface area (Å²) in [5.74, 6) is 4.07. The molecule has 2 nitrogen and oxygen atoms in total. The van der Waals surface area contributed by atoms with Crippen LogP contribution in [0.25, 0.3) is 0 Å². The van der Waals surface area contributed by atoms with Gasteiger partial charge in [-0.15, -0.1) is 0 Å². The number of hydrogen-bond donors (Lipinski definition) is 2. The van der Waals surface area contributed by atoms with Crippen LogP contribution >= 0.6 is 0 Å². The van der Waals surface area contributed by atoms with Gasteiger partial charge in [0.25, 0.3) is 0 Å². The summed E-state index contributed by atoms with van der Waals surface area (Å²) in [6.45, 7) is 0. The van der Waals surface area contributed by atoms with Crippen LogP contribution in [-0.4, -0.2) is 12.0 Å². The smallest absolute Gasteiger partial charge is 0.248 e. The van der Waals surface area contributed by atoms with Gasteiger partial charge in [-0.2, -0.15) is 0 Å². The van der Waals surface area contributed by atoms with E-state index in [9.17, 15) is 8.78 Å². The van der Waals surface area contributed by atoms with Crippen molar-refractivity contribution in [2.24, 2.45) is 17.7 Å². The molecule has 2 rings (SSSR count). The van der Waals surface area contributed by atoms with Gasteiger partial charge in [0.15, 0.2) is 0 Å². The molecular weight excluding hydrogens is 186 g/mol. The number of hydrazine groups is 1. The quantitative estimate of drug-likeness (QED) is 0.545. The predicted molar refractivity (Wildman–Crippen MR) is 50.7 cm³/mol. The van der Waals surface area contributed by atoms with E-state index in [1.807, 2.05) is 0 Å². The Morgan fingerprint density at radius 1 is 1.07 bits per heavy atom. The van der Waals surface area contributed by atoms with Gasteiger partial charge in [-0.1, -0.05) is 0 Å². The molecule has 0 bridgehead atoms. The van der Waals surface area contributed by atoms with E-state index in [0.29, 0.717) is 24.7 Å². The lowest BCUT2D eigenvalue weighted by Crippen LogP contribution is -2.44. The maximum atomic E-state index is 12.9. The van der Waals surface area contributed by atoms with Crippen LogP contribution in [0.2, 0.25) is 0 Å². The van der Waals surface area contributed by atoms with E-state index >= 15 is 0 Å². The van der Waals surface area contributed by atoms with E-state index in [1.165, 1.54) is 12.8 Å². The first-order chi connectivity index (χ1) is 6.62. The van der Waals surface area contributed by atoms with Crippen molar-refractivity contribution in [2.45, 2.75) is 50.5 Å². The number of nitrogens with one attached hydrogen (secondary N) is 1. The first kappa shape index (κ1) is 10.3. The zero-order valence-electron chi connectivity index (χ0n) is 8.31. The Kier molecular flexibility index (Phi) is 2.75. The molecule has 0 radical (unpaired) electrons. The Hall–Kier alpha value is -0.220. The molecule has 82 valence electrons. The first-order valence-corrected chi connectivity index (χ1v) is 5.46. The number of halogens is 2. The topological polar surface area (TPSA) is 38.0 Å². The van der Waals surface area contributed by atoms with Crippen LogP contribution in [0.1, 0.15) is 38.5 Å². The molecule has 0 aromatic carbocycles. The second kappa shape index (κ2) is 3.74.